The van der Waals surface area contributed by atoms with Crippen molar-refractivity contribution in [1.29, 1.82) is 0 Å². The molecule has 1 aromatic carbocycles. The van der Waals surface area contributed by atoms with E-state index >= 15 is 0 Å². The maximum absolute atomic E-state index is 12.6. The lowest BCUT2D eigenvalue weighted by Gasteiger charge is -2.18. The van der Waals surface area contributed by atoms with E-state index in [0.717, 1.165) is 37.9 Å². The van der Waals surface area contributed by atoms with Crippen LogP contribution in [0.15, 0.2) is 36.7 Å². The first-order chi connectivity index (χ1) is 13.0. The van der Waals surface area contributed by atoms with Crippen molar-refractivity contribution in [3.8, 4) is 11.3 Å². The highest BCUT2D eigenvalue weighted by molar-refractivity contribution is 5.94. The molecule has 27 heavy (non-hydrogen) atoms. The van der Waals surface area contributed by atoms with Gasteiger partial charge in [0.15, 0.2) is 0 Å². The first-order valence-electron chi connectivity index (χ1n) is 9.14. The molecule has 1 aromatic heterocycles. The molecule has 0 aliphatic carbocycles. The van der Waals surface area contributed by atoms with E-state index < -0.39 is 5.91 Å². The van der Waals surface area contributed by atoms with Gasteiger partial charge in [0.05, 0.1) is 24.2 Å². The van der Waals surface area contributed by atoms with E-state index in [1.807, 2.05) is 7.05 Å². The fourth-order valence-corrected chi connectivity index (χ4v) is 3.16. The fourth-order valence-electron chi connectivity index (χ4n) is 3.16. The Kier molecular flexibility index (Phi) is 6.13. The number of carbonyl (C=O) groups is 2. The van der Waals surface area contributed by atoms with Crippen molar-refractivity contribution in [2.45, 2.75) is 31.8 Å². The molecule has 3 rings (SSSR count). The number of ether oxygens (including phenoxy) is 1. The van der Waals surface area contributed by atoms with E-state index in [-0.39, 0.29) is 11.6 Å². The zero-order chi connectivity index (χ0) is 19.2. The molecule has 2 amide bonds. The molecule has 2 heterocycles. The Morgan fingerprint density at radius 2 is 2.04 bits per heavy atom. The molecular formula is C20H24N4O3. The minimum absolute atomic E-state index is 0.0224. The highest BCUT2D eigenvalue weighted by Gasteiger charge is 2.17. The molecule has 7 heteroatoms. The molecule has 1 fully saturated rings. The van der Waals surface area contributed by atoms with Crippen molar-refractivity contribution in [1.82, 2.24) is 14.9 Å². The SMILES string of the molecule is CN(CCC[C@H]1CCCO1)C(=O)c1ccc(-c2cncc(C(N)=O)n2)cc1. The van der Waals surface area contributed by atoms with Crippen LogP contribution < -0.4 is 5.73 Å². The standard InChI is InChI=1S/C20H24N4O3/c1-24(10-2-4-16-5-3-11-27-16)20(26)15-8-6-14(7-9-15)17-12-22-13-18(23-17)19(21)25/h6-9,12-13,16H,2-5,10-11H2,1H3,(H2,21,25)/t16-/m0/s1. The average Bonchev–Trinajstić information content (AvgIpc) is 3.21. The van der Waals surface area contributed by atoms with Crippen LogP contribution in [0.5, 0.6) is 0 Å². The molecule has 0 unspecified atom stereocenters. The van der Waals surface area contributed by atoms with Crippen LogP contribution in [-0.2, 0) is 4.74 Å². The molecule has 142 valence electrons. The van der Waals surface area contributed by atoms with Gasteiger partial charge in [0.25, 0.3) is 11.8 Å². The zero-order valence-electron chi connectivity index (χ0n) is 15.4. The van der Waals surface area contributed by atoms with E-state index in [4.69, 9.17) is 10.5 Å². The third kappa shape index (κ3) is 4.89. The van der Waals surface area contributed by atoms with Gasteiger partial charge in [-0.3, -0.25) is 14.6 Å². The second-order valence-electron chi connectivity index (χ2n) is 6.74. The smallest absolute Gasteiger partial charge is 0.268 e. The summed E-state index contributed by atoms with van der Waals surface area (Å²) < 4.78 is 5.61. The molecule has 7 nitrogen and oxygen atoms in total. The summed E-state index contributed by atoms with van der Waals surface area (Å²) in [5, 5.41) is 0. The topological polar surface area (TPSA) is 98.4 Å². The largest absolute Gasteiger partial charge is 0.378 e. The van der Waals surface area contributed by atoms with Gasteiger partial charge in [-0.1, -0.05) is 12.1 Å². The monoisotopic (exact) mass is 368 g/mol. The van der Waals surface area contributed by atoms with Gasteiger partial charge in [-0.25, -0.2) is 4.98 Å². The van der Waals surface area contributed by atoms with Crippen molar-refractivity contribution in [3.05, 3.63) is 47.9 Å². The predicted molar refractivity (Wildman–Crippen MR) is 101 cm³/mol. The molecule has 0 spiro atoms. The van der Waals surface area contributed by atoms with Gasteiger partial charge in [-0.15, -0.1) is 0 Å². The normalized spacial score (nSPS) is 16.3. The summed E-state index contributed by atoms with van der Waals surface area (Å²) in [5.41, 5.74) is 7.26. The number of rotatable bonds is 7. The van der Waals surface area contributed by atoms with E-state index in [2.05, 4.69) is 9.97 Å². The maximum atomic E-state index is 12.6. The van der Waals surface area contributed by atoms with Gasteiger partial charge < -0.3 is 15.4 Å². The second-order valence-corrected chi connectivity index (χ2v) is 6.74. The van der Waals surface area contributed by atoms with Crippen molar-refractivity contribution < 1.29 is 14.3 Å². The first kappa shape index (κ1) is 19.0. The first-order valence-corrected chi connectivity index (χ1v) is 9.14. The quantitative estimate of drug-likeness (QED) is 0.808. The molecule has 2 aromatic rings. The minimum atomic E-state index is -0.624. The Bertz CT molecular complexity index is 801. The third-order valence-electron chi connectivity index (χ3n) is 4.70. The Balaban J connectivity index is 1.59. The third-order valence-corrected chi connectivity index (χ3v) is 4.70. The van der Waals surface area contributed by atoms with Gasteiger partial charge in [0, 0.05) is 31.3 Å². The summed E-state index contributed by atoms with van der Waals surface area (Å²) in [6.45, 7) is 1.56. The van der Waals surface area contributed by atoms with Crippen molar-refractivity contribution in [3.63, 3.8) is 0 Å². The van der Waals surface area contributed by atoms with Crippen LogP contribution in [0.4, 0.5) is 0 Å². The summed E-state index contributed by atoms with van der Waals surface area (Å²) in [4.78, 5) is 33.7. The number of nitrogens with two attached hydrogens (primary N) is 1. The molecular weight excluding hydrogens is 344 g/mol. The summed E-state index contributed by atoms with van der Waals surface area (Å²) >= 11 is 0. The highest BCUT2D eigenvalue weighted by Crippen LogP contribution is 2.19. The van der Waals surface area contributed by atoms with E-state index in [0.29, 0.717) is 23.9 Å². The van der Waals surface area contributed by atoms with Gasteiger partial charge in [0.1, 0.15) is 5.69 Å². The zero-order valence-corrected chi connectivity index (χ0v) is 15.4. The van der Waals surface area contributed by atoms with E-state index in [1.165, 1.54) is 6.20 Å². The summed E-state index contributed by atoms with van der Waals surface area (Å²) in [7, 11) is 1.81. The van der Waals surface area contributed by atoms with Crippen LogP contribution in [0.3, 0.4) is 0 Å². The Morgan fingerprint density at radius 3 is 2.70 bits per heavy atom. The lowest BCUT2D eigenvalue weighted by molar-refractivity contribution is 0.0763. The summed E-state index contributed by atoms with van der Waals surface area (Å²) in [6.07, 6.45) is 7.42. The van der Waals surface area contributed by atoms with Gasteiger partial charge in [0.2, 0.25) is 0 Å². The predicted octanol–water partition coefficient (Wildman–Crippen LogP) is 2.27. The number of aromatic nitrogens is 2. The molecule has 0 bridgehead atoms. The number of benzene rings is 1. The van der Waals surface area contributed by atoms with Crippen molar-refractivity contribution in [2.75, 3.05) is 20.2 Å². The lowest BCUT2D eigenvalue weighted by atomic mass is 10.1. The van der Waals surface area contributed by atoms with Crippen molar-refractivity contribution in [2.24, 2.45) is 5.73 Å². The Morgan fingerprint density at radius 1 is 1.26 bits per heavy atom. The van der Waals surface area contributed by atoms with Crippen LogP contribution in [0.25, 0.3) is 11.3 Å². The Labute approximate surface area is 158 Å². The van der Waals surface area contributed by atoms with E-state index in [1.54, 1.807) is 35.4 Å². The highest BCUT2D eigenvalue weighted by atomic mass is 16.5. The molecule has 1 aliphatic rings. The number of hydrogen-bond donors (Lipinski definition) is 1. The molecule has 1 aliphatic heterocycles. The number of primary amides is 1. The van der Waals surface area contributed by atoms with Crippen molar-refractivity contribution >= 4 is 11.8 Å². The second kappa shape index (κ2) is 8.73. The maximum Gasteiger partial charge on any atom is 0.268 e. The van der Waals surface area contributed by atoms with Crippen LogP contribution in [-0.4, -0.2) is 53.0 Å². The van der Waals surface area contributed by atoms with E-state index in [9.17, 15) is 9.59 Å². The van der Waals surface area contributed by atoms with Gasteiger partial charge in [-0.05, 0) is 37.8 Å². The minimum Gasteiger partial charge on any atom is -0.378 e. The van der Waals surface area contributed by atoms with Crippen LogP contribution in [0.1, 0.15) is 46.5 Å². The summed E-state index contributed by atoms with van der Waals surface area (Å²) in [5.74, 6) is -0.647. The average molecular weight is 368 g/mol. The summed E-state index contributed by atoms with van der Waals surface area (Å²) in [6, 6.07) is 7.10. The molecule has 1 saturated heterocycles. The Hall–Kier alpha value is -2.80. The molecule has 1 atom stereocenters. The molecule has 0 saturated carbocycles. The van der Waals surface area contributed by atoms with Crippen LogP contribution in [0.2, 0.25) is 0 Å². The number of amides is 2. The molecule has 0 radical (unpaired) electrons. The van der Waals surface area contributed by atoms with Gasteiger partial charge >= 0.3 is 0 Å². The van der Waals surface area contributed by atoms with Crippen LogP contribution >= 0.6 is 0 Å². The number of nitrogens with zero attached hydrogens (tertiary/aromatic N) is 3. The number of hydrogen-bond acceptors (Lipinski definition) is 5. The van der Waals surface area contributed by atoms with Gasteiger partial charge in [-0.2, -0.15) is 0 Å². The number of carbonyl (C=O) groups excluding carboxylic acids is 2. The lowest BCUT2D eigenvalue weighted by Crippen LogP contribution is -2.28. The van der Waals surface area contributed by atoms with Crippen LogP contribution in [0, 0.1) is 0 Å². The fraction of sp³-hybridized carbons (Fsp3) is 0.400. The molecule has 2 N–H and O–H groups in total.